The minimum absolute atomic E-state index is 0.0242. The third-order valence-electron chi connectivity index (χ3n) is 9.02. The van der Waals surface area contributed by atoms with Gasteiger partial charge < -0.3 is 20.1 Å². The number of carbonyl (C=O) groups excluding carboxylic acids is 1. The van der Waals surface area contributed by atoms with E-state index in [0.29, 0.717) is 11.5 Å². The molecule has 7 heteroatoms. The minimum Gasteiger partial charge on any atom is -0.466 e. The predicted molar refractivity (Wildman–Crippen MR) is 119 cm³/mol. The molecule has 33 heavy (non-hydrogen) atoms. The van der Waals surface area contributed by atoms with Crippen LogP contribution in [-0.4, -0.2) is 50.5 Å². The normalized spacial score (nSPS) is 42.7. The summed E-state index contributed by atoms with van der Waals surface area (Å²) in [6.45, 7) is 7.56. The van der Waals surface area contributed by atoms with Gasteiger partial charge in [-0.05, 0) is 59.8 Å². The number of rotatable bonds is 3. The Morgan fingerprint density at radius 2 is 2.09 bits per heavy atom. The fourth-order valence-electron chi connectivity index (χ4n) is 7.28. The van der Waals surface area contributed by atoms with E-state index in [-0.39, 0.29) is 40.1 Å². The number of allylic oxidation sites excluding steroid dienone is 1. The van der Waals surface area contributed by atoms with Crippen LogP contribution in [0.25, 0.3) is 0 Å². The Balaban J connectivity index is 1.70. The molecule has 0 saturated heterocycles. The average molecular weight is 451 g/mol. The third kappa shape index (κ3) is 2.60. The van der Waals surface area contributed by atoms with Crippen molar-refractivity contribution >= 4 is 5.78 Å². The highest BCUT2D eigenvalue weighted by molar-refractivity contribution is 5.95. The summed E-state index contributed by atoms with van der Waals surface area (Å²) in [6.07, 6.45) is 3.06. The molecule has 2 bridgehead atoms. The van der Waals surface area contributed by atoms with Gasteiger partial charge in [0.05, 0.1) is 12.0 Å². The summed E-state index contributed by atoms with van der Waals surface area (Å²) in [5.41, 5.74) is -2.45. The van der Waals surface area contributed by atoms with Crippen LogP contribution in [0.3, 0.4) is 0 Å². The molecular weight excluding hydrogens is 420 g/mol. The van der Waals surface area contributed by atoms with E-state index in [1.165, 1.54) is 6.20 Å². The molecule has 1 spiro atoms. The SMILES string of the molecule is CC1=C[C@]23C(=O)[C@@H](C=C(CO)[C@@H](O)[C@]2(O)[C@H]1Oc1ncccc1C#N)[C@H]1[C@@H](C[C@H]3C)C1(C)C. The lowest BCUT2D eigenvalue weighted by Crippen LogP contribution is -2.66. The van der Waals surface area contributed by atoms with Crippen LogP contribution in [0.1, 0.15) is 39.7 Å². The van der Waals surface area contributed by atoms with Crippen molar-refractivity contribution in [3.8, 4) is 11.9 Å². The first-order chi connectivity index (χ1) is 15.5. The first-order valence-corrected chi connectivity index (χ1v) is 11.5. The van der Waals surface area contributed by atoms with Gasteiger partial charge in [-0.3, -0.25) is 4.79 Å². The van der Waals surface area contributed by atoms with Gasteiger partial charge in [-0.25, -0.2) is 4.98 Å². The van der Waals surface area contributed by atoms with Gasteiger partial charge in [0.25, 0.3) is 0 Å². The highest BCUT2D eigenvalue weighted by atomic mass is 16.5. The number of nitrogens with zero attached hydrogens (tertiary/aromatic N) is 2. The molecule has 1 aromatic rings. The Kier molecular flexibility index (Phi) is 4.72. The van der Waals surface area contributed by atoms with Gasteiger partial charge in [0.1, 0.15) is 17.7 Å². The highest BCUT2D eigenvalue weighted by Gasteiger charge is 2.76. The van der Waals surface area contributed by atoms with Crippen molar-refractivity contribution in [2.24, 2.45) is 34.5 Å². The predicted octanol–water partition coefficient (Wildman–Crippen LogP) is 2.17. The topological polar surface area (TPSA) is 124 Å². The van der Waals surface area contributed by atoms with E-state index < -0.39 is 35.7 Å². The molecule has 174 valence electrons. The van der Waals surface area contributed by atoms with Gasteiger partial charge in [-0.2, -0.15) is 5.26 Å². The van der Waals surface area contributed by atoms with Crippen molar-refractivity contribution in [1.82, 2.24) is 4.98 Å². The molecular formula is C26H30N2O5. The number of ketones is 1. The Labute approximate surface area is 193 Å². The lowest BCUT2D eigenvalue weighted by atomic mass is 9.59. The Morgan fingerprint density at radius 1 is 1.36 bits per heavy atom. The number of pyridine rings is 1. The molecule has 5 rings (SSSR count). The molecule has 4 aliphatic rings. The van der Waals surface area contributed by atoms with Gasteiger partial charge >= 0.3 is 0 Å². The maximum absolute atomic E-state index is 14.3. The molecule has 1 heterocycles. The smallest absolute Gasteiger partial charge is 0.232 e. The van der Waals surface area contributed by atoms with Gasteiger partial charge in [-0.1, -0.05) is 32.9 Å². The second-order valence-electron chi connectivity index (χ2n) is 10.8. The molecule has 1 aromatic heterocycles. The number of fused-ring (bicyclic) bond motifs is 3. The highest BCUT2D eigenvalue weighted by Crippen LogP contribution is 2.71. The molecule has 0 unspecified atom stereocenters. The van der Waals surface area contributed by atoms with Crippen molar-refractivity contribution < 1.29 is 24.9 Å². The molecule has 4 aliphatic carbocycles. The van der Waals surface area contributed by atoms with Crippen LogP contribution in [0.4, 0.5) is 0 Å². The monoisotopic (exact) mass is 450 g/mol. The molecule has 0 amide bonds. The van der Waals surface area contributed by atoms with E-state index in [9.17, 15) is 25.4 Å². The number of hydrogen-bond donors (Lipinski definition) is 3. The van der Waals surface area contributed by atoms with E-state index in [0.717, 1.165) is 6.42 Å². The fourth-order valence-corrected chi connectivity index (χ4v) is 7.28. The zero-order valence-corrected chi connectivity index (χ0v) is 19.3. The zero-order valence-electron chi connectivity index (χ0n) is 19.3. The standard InChI is InChI=1S/C26H30N2O5/c1-13-10-25-14(2)8-18-19(24(18,3)4)17(21(25)31)9-16(12-29)20(30)26(25,32)22(13)33-23-15(11-27)6-5-7-28-23/h5-7,9-10,14,17-20,22,29-30,32H,8,12H2,1-4H3/t14-,17+,18-,19+,20-,22+,25+,26+/m1/s1. The summed E-state index contributed by atoms with van der Waals surface area (Å²) < 4.78 is 6.13. The van der Waals surface area contributed by atoms with Crippen molar-refractivity contribution in [1.29, 1.82) is 5.26 Å². The van der Waals surface area contributed by atoms with Crippen molar-refractivity contribution in [3.63, 3.8) is 0 Å². The molecule has 0 aliphatic heterocycles. The lowest BCUT2D eigenvalue weighted by molar-refractivity contribution is -0.186. The molecule has 2 fully saturated rings. The first kappa shape index (κ1) is 22.3. The molecule has 8 atom stereocenters. The lowest BCUT2D eigenvalue weighted by Gasteiger charge is -2.48. The van der Waals surface area contributed by atoms with Gasteiger partial charge in [0, 0.05) is 12.1 Å². The van der Waals surface area contributed by atoms with E-state index in [1.807, 2.05) is 13.0 Å². The molecule has 7 nitrogen and oxygen atoms in total. The molecule has 0 radical (unpaired) electrons. The zero-order chi connectivity index (χ0) is 23.9. The molecule has 2 saturated carbocycles. The van der Waals surface area contributed by atoms with Crippen LogP contribution in [0.5, 0.6) is 5.88 Å². The maximum atomic E-state index is 14.3. The second-order valence-corrected chi connectivity index (χ2v) is 10.8. The summed E-state index contributed by atoms with van der Waals surface area (Å²) in [5.74, 6) is -0.469. The number of aliphatic hydroxyl groups is 3. The number of ether oxygens (including phenoxy) is 1. The largest absolute Gasteiger partial charge is 0.466 e. The molecule has 0 aromatic carbocycles. The number of carbonyl (C=O) groups is 1. The third-order valence-corrected chi connectivity index (χ3v) is 9.02. The summed E-state index contributed by atoms with van der Waals surface area (Å²) in [5, 5.41) is 43.6. The fraction of sp³-hybridized carbons (Fsp3) is 0.577. The van der Waals surface area contributed by atoms with Crippen LogP contribution in [0.15, 0.2) is 41.6 Å². The van der Waals surface area contributed by atoms with Crippen molar-refractivity contribution in [2.75, 3.05) is 6.61 Å². The Hall–Kier alpha value is -2.53. The van der Waals surface area contributed by atoms with Crippen LogP contribution in [0.2, 0.25) is 0 Å². The van der Waals surface area contributed by atoms with Gasteiger partial charge in [-0.15, -0.1) is 0 Å². The van der Waals surface area contributed by atoms with Crippen LogP contribution in [-0.2, 0) is 4.79 Å². The first-order valence-electron chi connectivity index (χ1n) is 11.5. The second kappa shape index (κ2) is 6.99. The minimum atomic E-state index is -2.05. The van der Waals surface area contributed by atoms with E-state index in [1.54, 1.807) is 31.2 Å². The number of Topliss-reactive ketones (excluding diaryl/α,β-unsaturated/α-hetero) is 1. The number of aromatic nitrogens is 1. The van der Waals surface area contributed by atoms with Crippen LogP contribution in [0, 0.1) is 45.8 Å². The van der Waals surface area contributed by atoms with E-state index in [4.69, 9.17) is 4.74 Å². The Bertz CT molecular complexity index is 1130. The summed E-state index contributed by atoms with van der Waals surface area (Å²) in [7, 11) is 0. The van der Waals surface area contributed by atoms with E-state index in [2.05, 4.69) is 18.8 Å². The van der Waals surface area contributed by atoms with Crippen LogP contribution < -0.4 is 4.74 Å². The number of aliphatic hydroxyl groups excluding tert-OH is 2. The van der Waals surface area contributed by atoms with Crippen LogP contribution >= 0.6 is 0 Å². The van der Waals surface area contributed by atoms with E-state index >= 15 is 0 Å². The number of hydrogen-bond acceptors (Lipinski definition) is 7. The van der Waals surface area contributed by atoms with Crippen molar-refractivity contribution in [2.45, 2.75) is 51.9 Å². The van der Waals surface area contributed by atoms with Gasteiger partial charge in [0.2, 0.25) is 5.88 Å². The summed E-state index contributed by atoms with van der Waals surface area (Å²) >= 11 is 0. The quantitative estimate of drug-likeness (QED) is 0.603. The summed E-state index contributed by atoms with van der Waals surface area (Å²) in [6, 6.07) is 5.20. The van der Waals surface area contributed by atoms with Crippen molar-refractivity contribution in [3.05, 3.63) is 47.2 Å². The maximum Gasteiger partial charge on any atom is 0.232 e. The Morgan fingerprint density at radius 3 is 2.76 bits per heavy atom. The average Bonchev–Trinajstić information content (AvgIpc) is 3.28. The summed E-state index contributed by atoms with van der Waals surface area (Å²) in [4.78, 5) is 18.5. The molecule has 3 N–H and O–H groups in total. The van der Waals surface area contributed by atoms with Gasteiger partial charge in [0.15, 0.2) is 17.5 Å². The number of nitriles is 1.